The topological polar surface area (TPSA) is 42.3 Å². The number of alkyl halides is 3. The lowest BCUT2D eigenvalue weighted by Gasteiger charge is -2.25. The fraction of sp³-hybridized carbons (Fsp3) is 0.158. The fourth-order valence-corrected chi connectivity index (χ4v) is 4.13. The Morgan fingerprint density at radius 3 is 2.33 bits per heavy atom. The van der Waals surface area contributed by atoms with Gasteiger partial charge in [-0.3, -0.25) is 4.31 Å². The number of para-hydroxylation sites is 1. The lowest BCUT2D eigenvalue weighted by Crippen LogP contribution is -2.38. The summed E-state index contributed by atoms with van der Waals surface area (Å²) >= 11 is 0. The molecule has 2 heterocycles. The largest absolute Gasteiger partial charge is 0.516 e. The molecule has 1 aliphatic heterocycles. The second-order valence-corrected chi connectivity index (χ2v) is 8.15. The van der Waals surface area contributed by atoms with E-state index in [1.165, 1.54) is 6.08 Å². The molecule has 0 aliphatic carbocycles. The normalized spacial score (nSPS) is 14.6. The van der Waals surface area contributed by atoms with E-state index < -0.39 is 15.5 Å². The summed E-state index contributed by atoms with van der Waals surface area (Å²) in [6, 6.07) is 17.0. The van der Waals surface area contributed by atoms with Gasteiger partial charge in [0.2, 0.25) is 0 Å². The Bertz CT molecular complexity index is 1130. The van der Waals surface area contributed by atoms with Crippen LogP contribution in [0, 0.1) is 0 Å². The van der Waals surface area contributed by atoms with Crippen LogP contribution in [0.5, 0.6) is 0 Å². The zero-order valence-electron chi connectivity index (χ0n) is 14.0. The van der Waals surface area contributed by atoms with E-state index in [0.717, 1.165) is 22.7 Å². The Labute approximate surface area is 154 Å². The van der Waals surface area contributed by atoms with Gasteiger partial charge in [-0.2, -0.15) is 21.6 Å². The summed E-state index contributed by atoms with van der Waals surface area (Å²) in [7, 11) is -5.42. The van der Waals surface area contributed by atoms with Crippen LogP contribution in [-0.2, 0) is 23.1 Å². The summed E-state index contributed by atoms with van der Waals surface area (Å²) in [6.07, 6.45) is 2.43. The number of halogens is 3. The van der Waals surface area contributed by atoms with Crippen LogP contribution in [0.15, 0.2) is 60.8 Å². The zero-order valence-corrected chi connectivity index (χ0v) is 14.8. The van der Waals surface area contributed by atoms with Gasteiger partial charge in [0.1, 0.15) is 0 Å². The van der Waals surface area contributed by atoms with Gasteiger partial charge in [0, 0.05) is 34.9 Å². The second kappa shape index (κ2) is 6.16. The zero-order chi connectivity index (χ0) is 19.2. The van der Waals surface area contributed by atoms with Gasteiger partial charge < -0.3 is 4.57 Å². The van der Waals surface area contributed by atoms with Gasteiger partial charge >= 0.3 is 15.5 Å². The summed E-state index contributed by atoms with van der Waals surface area (Å²) in [4.78, 5) is 0. The maximum Gasteiger partial charge on any atom is 0.516 e. The van der Waals surface area contributed by atoms with Crippen molar-refractivity contribution in [2.45, 2.75) is 18.6 Å². The van der Waals surface area contributed by atoms with Crippen molar-refractivity contribution in [2.24, 2.45) is 0 Å². The lowest BCUT2D eigenvalue weighted by molar-refractivity contribution is -0.0479. The SMILES string of the molecule is O=S(=O)(N1C=Cc2c(c3ccccc3n2Cc2ccccc2)C1)C(F)(F)F. The Morgan fingerprint density at radius 1 is 0.963 bits per heavy atom. The van der Waals surface area contributed by atoms with Crippen molar-refractivity contribution >= 4 is 27.0 Å². The molecule has 0 saturated heterocycles. The Balaban J connectivity index is 1.83. The average molecular weight is 392 g/mol. The number of nitrogens with zero attached hydrogens (tertiary/aromatic N) is 2. The number of sulfonamides is 1. The summed E-state index contributed by atoms with van der Waals surface area (Å²) in [5.41, 5.74) is -2.16. The van der Waals surface area contributed by atoms with E-state index in [0.29, 0.717) is 22.1 Å². The first-order valence-corrected chi connectivity index (χ1v) is 9.63. The van der Waals surface area contributed by atoms with Gasteiger partial charge in [-0.05, 0) is 17.7 Å². The number of aromatic nitrogens is 1. The highest BCUT2D eigenvalue weighted by molar-refractivity contribution is 7.90. The van der Waals surface area contributed by atoms with Gasteiger partial charge in [0.05, 0.1) is 6.54 Å². The number of benzene rings is 2. The molecule has 0 unspecified atom stereocenters. The quantitative estimate of drug-likeness (QED) is 0.666. The minimum absolute atomic E-state index is 0.351. The van der Waals surface area contributed by atoms with Crippen molar-refractivity contribution in [3.8, 4) is 0 Å². The molecule has 2 aromatic carbocycles. The molecule has 1 aromatic heterocycles. The van der Waals surface area contributed by atoms with Crippen molar-refractivity contribution in [3.63, 3.8) is 0 Å². The number of rotatable bonds is 3. The molecule has 0 spiro atoms. The molecule has 140 valence electrons. The number of fused-ring (bicyclic) bond motifs is 3. The molecular formula is C19H15F3N2O2S. The van der Waals surface area contributed by atoms with Crippen LogP contribution in [0.2, 0.25) is 0 Å². The van der Waals surface area contributed by atoms with Gasteiger partial charge in [0.15, 0.2) is 0 Å². The molecule has 0 fully saturated rings. The predicted molar refractivity (Wildman–Crippen MR) is 97.0 cm³/mol. The second-order valence-electron chi connectivity index (χ2n) is 6.26. The van der Waals surface area contributed by atoms with E-state index in [2.05, 4.69) is 0 Å². The molecule has 27 heavy (non-hydrogen) atoms. The lowest BCUT2D eigenvalue weighted by atomic mass is 10.1. The van der Waals surface area contributed by atoms with Gasteiger partial charge in [-0.15, -0.1) is 0 Å². The molecule has 0 bridgehead atoms. The molecule has 1 aliphatic rings. The third kappa shape index (κ3) is 2.90. The first-order chi connectivity index (χ1) is 12.8. The molecule has 0 atom stereocenters. The molecule has 3 aromatic rings. The highest BCUT2D eigenvalue weighted by atomic mass is 32.2. The Morgan fingerprint density at radius 2 is 1.63 bits per heavy atom. The summed E-state index contributed by atoms with van der Waals surface area (Å²) in [6.45, 7) is 0.184. The van der Waals surface area contributed by atoms with Crippen LogP contribution in [-0.4, -0.2) is 22.8 Å². The summed E-state index contributed by atoms with van der Waals surface area (Å²) in [5.74, 6) is 0. The molecule has 0 saturated carbocycles. The highest BCUT2D eigenvalue weighted by Crippen LogP contribution is 2.36. The number of hydrogen-bond donors (Lipinski definition) is 0. The van der Waals surface area contributed by atoms with Crippen molar-refractivity contribution in [1.29, 1.82) is 0 Å². The van der Waals surface area contributed by atoms with Gasteiger partial charge in [-0.25, -0.2) is 0 Å². The maximum atomic E-state index is 12.9. The average Bonchev–Trinajstić information content (AvgIpc) is 2.95. The van der Waals surface area contributed by atoms with Gasteiger partial charge in [0.25, 0.3) is 0 Å². The Hall–Kier alpha value is -2.74. The van der Waals surface area contributed by atoms with Crippen LogP contribution in [0.3, 0.4) is 0 Å². The summed E-state index contributed by atoms with van der Waals surface area (Å²) in [5, 5.41) is 0.746. The van der Waals surface area contributed by atoms with Crippen molar-refractivity contribution in [2.75, 3.05) is 0 Å². The van der Waals surface area contributed by atoms with Crippen molar-refractivity contribution in [3.05, 3.63) is 77.6 Å². The first-order valence-electron chi connectivity index (χ1n) is 8.19. The third-order valence-corrected chi connectivity index (χ3v) is 6.07. The van der Waals surface area contributed by atoms with Crippen LogP contribution in [0.4, 0.5) is 13.2 Å². The van der Waals surface area contributed by atoms with Crippen LogP contribution in [0.25, 0.3) is 17.0 Å². The minimum atomic E-state index is -5.42. The van der Waals surface area contributed by atoms with E-state index >= 15 is 0 Å². The smallest absolute Gasteiger partial charge is 0.336 e. The monoisotopic (exact) mass is 392 g/mol. The molecule has 0 N–H and O–H groups in total. The maximum absolute atomic E-state index is 12.9. The minimum Gasteiger partial charge on any atom is -0.336 e. The first kappa shape index (κ1) is 17.7. The molecule has 4 nitrogen and oxygen atoms in total. The standard InChI is InChI=1S/C19H15F3N2O2S/c20-19(21,22)27(25,26)23-11-10-18-16(13-23)15-8-4-5-9-17(15)24(18)12-14-6-2-1-3-7-14/h1-11H,12-13H2. The molecule has 0 amide bonds. The van der Waals surface area contributed by atoms with Crippen molar-refractivity contribution in [1.82, 2.24) is 8.87 Å². The Kier molecular flexibility index (Phi) is 4.03. The molecular weight excluding hydrogens is 377 g/mol. The molecule has 4 rings (SSSR count). The van der Waals surface area contributed by atoms with Gasteiger partial charge in [-0.1, -0.05) is 48.5 Å². The fourth-order valence-electron chi connectivity index (χ4n) is 3.35. The van der Waals surface area contributed by atoms with Crippen molar-refractivity contribution < 1.29 is 21.6 Å². The van der Waals surface area contributed by atoms with E-state index in [1.54, 1.807) is 12.1 Å². The molecule has 0 radical (unpaired) electrons. The third-order valence-electron chi connectivity index (χ3n) is 4.62. The van der Waals surface area contributed by atoms with Crippen LogP contribution >= 0.6 is 0 Å². The molecule has 8 heteroatoms. The van der Waals surface area contributed by atoms with E-state index in [1.807, 2.05) is 47.0 Å². The van der Waals surface area contributed by atoms with E-state index in [-0.39, 0.29) is 6.54 Å². The predicted octanol–water partition coefficient (Wildman–Crippen LogP) is 4.33. The summed E-state index contributed by atoms with van der Waals surface area (Å²) < 4.78 is 64.7. The number of hydrogen-bond acceptors (Lipinski definition) is 2. The van der Waals surface area contributed by atoms with E-state index in [9.17, 15) is 21.6 Å². The highest BCUT2D eigenvalue weighted by Gasteiger charge is 2.50. The van der Waals surface area contributed by atoms with Crippen LogP contribution in [0.1, 0.15) is 16.8 Å². The van der Waals surface area contributed by atoms with E-state index in [4.69, 9.17) is 0 Å². The van der Waals surface area contributed by atoms with Crippen LogP contribution < -0.4 is 0 Å².